The number of benzene rings is 1. The minimum atomic E-state index is -0.804. The van der Waals surface area contributed by atoms with Gasteiger partial charge in [0.1, 0.15) is 18.3 Å². The lowest BCUT2D eigenvalue weighted by atomic mass is 10.0. The molecule has 0 aliphatic carbocycles. The van der Waals surface area contributed by atoms with Crippen LogP contribution in [0.15, 0.2) is 30.3 Å². The summed E-state index contributed by atoms with van der Waals surface area (Å²) >= 11 is 0. The molecular weight excluding hydrogens is 208 g/mol. The summed E-state index contributed by atoms with van der Waals surface area (Å²) in [6.45, 7) is 0. The summed E-state index contributed by atoms with van der Waals surface area (Å²) in [4.78, 5) is 0. The first-order valence-corrected chi connectivity index (χ1v) is 5.48. The van der Waals surface area contributed by atoms with Gasteiger partial charge in [0, 0.05) is 6.42 Å². The fraction of sp³-hybridized carbons (Fsp3) is 0.500. The molecule has 86 valence electrons. The average molecular weight is 222 g/mol. The third-order valence-corrected chi connectivity index (χ3v) is 3.21. The van der Waals surface area contributed by atoms with E-state index in [2.05, 4.69) is 0 Å². The van der Waals surface area contributed by atoms with Crippen molar-refractivity contribution in [1.82, 2.24) is 0 Å². The third-order valence-electron chi connectivity index (χ3n) is 3.21. The van der Waals surface area contributed by atoms with Gasteiger partial charge < -0.3 is 19.7 Å². The van der Waals surface area contributed by atoms with E-state index in [0.717, 1.165) is 5.56 Å². The zero-order valence-electron chi connectivity index (χ0n) is 8.69. The van der Waals surface area contributed by atoms with E-state index < -0.39 is 18.5 Å². The Bertz CT molecular complexity index is 367. The SMILES string of the molecule is OC1C[C@H]2O[C@@H](c3ccccc3)C(O)[C@H]2O1. The monoisotopic (exact) mass is 222 g/mol. The van der Waals surface area contributed by atoms with Gasteiger partial charge in [-0.25, -0.2) is 0 Å². The maximum atomic E-state index is 10.1. The summed E-state index contributed by atoms with van der Waals surface area (Å²) < 4.78 is 10.9. The van der Waals surface area contributed by atoms with Gasteiger partial charge in [-0.2, -0.15) is 0 Å². The van der Waals surface area contributed by atoms with Crippen LogP contribution in [-0.4, -0.2) is 34.8 Å². The van der Waals surface area contributed by atoms with Gasteiger partial charge in [0.15, 0.2) is 6.29 Å². The van der Waals surface area contributed by atoms with Gasteiger partial charge in [0.05, 0.1) is 6.10 Å². The molecule has 4 heteroatoms. The largest absolute Gasteiger partial charge is 0.387 e. The quantitative estimate of drug-likeness (QED) is 0.730. The highest BCUT2D eigenvalue weighted by molar-refractivity contribution is 5.21. The highest BCUT2D eigenvalue weighted by Crippen LogP contribution is 2.40. The molecule has 1 aromatic carbocycles. The fourth-order valence-corrected chi connectivity index (χ4v) is 2.45. The topological polar surface area (TPSA) is 58.9 Å². The van der Waals surface area contributed by atoms with Gasteiger partial charge in [0.25, 0.3) is 0 Å². The summed E-state index contributed by atoms with van der Waals surface area (Å²) in [5, 5.41) is 19.4. The van der Waals surface area contributed by atoms with Gasteiger partial charge >= 0.3 is 0 Å². The van der Waals surface area contributed by atoms with Crippen molar-refractivity contribution in [3.05, 3.63) is 35.9 Å². The van der Waals surface area contributed by atoms with Gasteiger partial charge in [0.2, 0.25) is 0 Å². The first-order valence-electron chi connectivity index (χ1n) is 5.48. The first kappa shape index (κ1) is 10.2. The molecule has 1 aromatic rings. The normalized spacial score (nSPS) is 42.2. The average Bonchev–Trinajstić information content (AvgIpc) is 2.79. The molecule has 16 heavy (non-hydrogen) atoms. The van der Waals surface area contributed by atoms with E-state index >= 15 is 0 Å². The van der Waals surface area contributed by atoms with Crippen molar-refractivity contribution in [2.75, 3.05) is 0 Å². The van der Waals surface area contributed by atoms with Gasteiger partial charge in [-0.15, -0.1) is 0 Å². The Morgan fingerprint density at radius 2 is 1.81 bits per heavy atom. The summed E-state index contributed by atoms with van der Waals surface area (Å²) in [6, 6.07) is 9.59. The maximum Gasteiger partial charge on any atom is 0.157 e. The molecule has 0 saturated carbocycles. The van der Waals surface area contributed by atoms with Crippen LogP contribution < -0.4 is 0 Å². The Morgan fingerprint density at radius 3 is 2.50 bits per heavy atom. The number of fused-ring (bicyclic) bond motifs is 1. The predicted molar refractivity (Wildman–Crippen MR) is 55.6 cm³/mol. The lowest BCUT2D eigenvalue weighted by Gasteiger charge is -2.18. The van der Waals surface area contributed by atoms with Crippen molar-refractivity contribution in [3.63, 3.8) is 0 Å². The van der Waals surface area contributed by atoms with E-state index in [1.165, 1.54) is 0 Å². The van der Waals surface area contributed by atoms with Crippen LogP contribution in [0.5, 0.6) is 0 Å². The van der Waals surface area contributed by atoms with E-state index in [0.29, 0.717) is 6.42 Å². The van der Waals surface area contributed by atoms with Crippen LogP contribution in [0.2, 0.25) is 0 Å². The Balaban J connectivity index is 1.81. The highest BCUT2D eigenvalue weighted by Gasteiger charge is 2.50. The van der Waals surface area contributed by atoms with Crippen molar-refractivity contribution in [2.24, 2.45) is 0 Å². The second-order valence-electron chi connectivity index (χ2n) is 4.29. The van der Waals surface area contributed by atoms with Crippen molar-refractivity contribution in [3.8, 4) is 0 Å². The van der Waals surface area contributed by atoms with Gasteiger partial charge in [-0.3, -0.25) is 0 Å². The zero-order valence-corrected chi connectivity index (χ0v) is 8.69. The molecule has 2 heterocycles. The molecule has 2 aliphatic rings. The lowest BCUT2D eigenvalue weighted by Crippen LogP contribution is -2.28. The van der Waals surface area contributed by atoms with Crippen LogP contribution in [-0.2, 0) is 9.47 Å². The van der Waals surface area contributed by atoms with Crippen molar-refractivity contribution in [1.29, 1.82) is 0 Å². The van der Waals surface area contributed by atoms with Crippen LogP contribution >= 0.6 is 0 Å². The minimum absolute atomic E-state index is 0.199. The standard InChI is InChI=1S/C12H14O4/c13-9-6-8-12(16-9)10(14)11(15-8)7-4-2-1-3-5-7/h1-5,8-14H,6H2/t8-,9?,10?,11+,12+/m1/s1. The lowest BCUT2D eigenvalue weighted by molar-refractivity contribution is -0.122. The molecule has 2 unspecified atom stereocenters. The third kappa shape index (κ3) is 1.55. The second-order valence-corrected chi connectivity index (χ2v) is 4.29. The summed E-state index contributed by atoms with van der Waals surface area (Å²) in [7, 11) is 0. The number of ether oxygens (including phenoxy) is 2. The van der Waals surface area contributed by atoms with Crippen LogP contribution in [0.1, 0.15) is 18.1 Å². The molecule has 0 bridgehead atoms. The van der Waals surface area contributed by atoms with E-state index in [4.69, 9.17) is 9.47 Å². The summed E-state index contributed by atoms with van der Waals surface area (Å²) in [6.07, 6.45) is -2.02. The molecule has 2 aliphatic heterocycles. The number of rotatable bonds is 1. The zero-order chi connectivity index (χ0) is 11.1. The Morgan fingerprint density at radius 1 is 1.06 bits per heavy atom. The van der Waals surface area contributed by atoms with Gasteiger partial charge in [-0.1, -0.05) is 30.3 Å². The van der Waals surface area contributed by atoms with Crippen LogP contribution in [0.25, 0.3) is 0 Å². The Labute approximate surface area is 93.4 Å². The Hall–Kier alpha value is -0.940. The van der Waals surface area contributed by atoms with E-state index in [-0.39, 0.29) is 12.2 Å². The Kier molecular flexibility index (Phi) is 2.44. The molecule has 5 atom stereocenters. The molecule has 2 saturated heterocycles. The van der Waals surface area contributed by atoms with Crippen LogP contribution in [0, 0.1) is 0 Å². The molecule has 0 aromatic heterocycles. The molecule has 0 radical (unpaired) electrons. The predicted octanol–water partition coefficient (Wildman–Crippen LogP) is 0.595. The molecule has 3 rings (SSSR count). The van der Waals surface area contributed by atoms with Crippen molar-refractivity contribution >= 4 is 0 Å². The number of hydrogen-bond donors (Lipinski definition) is 2. The van der Waals surface area contributed by atoms with Crippen molar-refractivity contribution < 1.29 is 19.7 Å². The fourth-order valence-electron chi connectivity index (χ4n) is 2.45. The van der Waals surface area contributed by atoms with Gasteiger partial charge in [-0.05, 0) is 5.56 Å². The molecule has 4 nitrogen and oxygen atoms in total. The van der Waals surface area contributed by atoms with Crippen LogP contribution in [0.3, 0.4) is 0 Å². The number of aliphatic hydroxyl groups excluding tert-OH is 2. The highest BCUT2D eigenvalue weighted by atomic mass is 16.7. The molecule has 2 N–H and O–H groups in total. The number of aliphatic hydroxyl groups is 2. The van der Waals surface area contributed by atoms with Crippen LogP contribution in [0.4, 0.5) is 0 Å². The van der Waals surface area contributed by atoms with Crippen molar-refractivity contribution in [2.45, 2.75) is 37.1 Å². The molecule has 2 fully saturated rings. The summed E-state index contributed by atoms with van der Waals surface area (Å²) in [5.74, 6) is 0. The smallest absolute Gasteiger partial charge is 0.157 e. The van der Waals surface area contributed by atoms with E-state index in [1.807, 2.05) is 30.3 Å². The molecule has 0 amide bonds. The first-order chi connectivity index (χ1) is 7.75. The van der Waals surface area contributed by atoms with E-state index in [9.17, 15) is 10.2 Å². The minimum Gasteiger partial charge on any atom is -0.387 e. The number of hydrogen-bond acceptors (Lipinski definition) is 4. The molecule has 0 spiro atoms. The second kappa shape index (κ2) is 3.82. The van der Waals surface area contributed by atoms with E-state index in [1.54, 1.807) is 0 Å². The summed E-state index contributed by atoms with van der Waals surface area (Å²) in [5.41, 5.74) is 0.947. The molecular formula is C12H14O4. The maximum absolute atomic E-state index is 10.1.